The third-order valence-corrected chi connectivity index (χ3v) is 5.25. The molecule has 0 bridgehead atoms. The van der Waals surface area contributed by atoms with Gasteiger partial charge in [0.15, 0.2) is 0 Å². The van der Waals surface area contributed by atoms with Crippen LogP contribution in [0.25, 0.3) is 0 Å². The van der Waals surface area contributed by atoms with Gasteiger partial charge in [-0.3, -0.25) is 4.79 Å². The Morgan fingerprint density at radius 2 is 2.00 bits per heavy atom. The maximum atomic E-state index is 11.9. The first-order valence-electron chi connectivity index (χ1n) is 6.49. The summed E-state index contributed by atoms with van der Waals surface area (Å²) in [6.07, 6.45) is 2.95. The van der Waals surface area contributed by atoms with Gasteiger partial charge in [-0.25, -0.2) is 8.42 Å². The van der Waals surface area contributed by atoms with Gasteiger partial charge in [0.1, 0.15) is 0 Å². The monoisotopic (exact) mass is 350 g/mol. The van der Waals surface area contributed by atoms with Crippen molar-refractivity contribution in [3.05, 3.63) is 33.8 Å². The number of halogens is 2. The fourth-order valence-electron chi connectivity index (χ4n) is 2.00. The molecule has 0 saturated heterocycles. The van der Waals surface area contributed by atoms with Crippen LogP contribution in [0.1, 0.15) is 23.2 Å². The lowest BCUT2D eigenvalue weighted by Gasteiger charge is -2.19. The van der Waals surface area contributed by atoms with Gasteiger partial charge in [0.25, 0.3) is 5.91 Å². The molecule has 1 aromatic rings. The summed E-state index contributed by atoms with van der Waals surface area (Å²) in [6, 6.07) is 4.68. The van der Waals surface area contributed by atoms with E-state index in [0.29, 0.717) is 15.6 Å². The highest BCUT2D eigenvalue weighted by molar-refractivity contribution is 7.88. The van der Waals surface area contributed by atoms with E-state index in [1.54, 1.807) is 12.1 Å². The number of benzene rings is 1. The second-order valence-electron chi connectivity index (χ2n) is 4.99. The average Bonchev–Trinajstić information content (AvgIpc) is 3.20. The van der Waals surface area contributed by atoms with Crippen molar-refractivity contribution in [1.29, 1.82) is 0 Å². The van der Waals surface area contributed by atoms with Crippen molar-refractivity contribution in [2.45, 2.75) is 18.9 Å². The smallest absolute Gasteiger partial charge is 0.251 e. The van der Waals surface area contributed by atoms with Crippen molar-refractivity contribution in [1.82, 2.24) is 9.62 Å². The van der Waals surface area contributed by atoms with Crippen LogP contribution in [0.2, 0.25) is 10.0 Å². The molecule has 8 heteroatoms. The molecule has 1 aliphatic rings. The maximum absolute atomic E-state index is 11.9. The predicted octanol–water partition coefficient (Wildman–Crippen LogP) is 2.15. The number of hydrogen-bond acceptors (Lipinski definition) is 3. The van der Waals surface area contributed by atoms with E-state index < -0.39 is 10.0 Å². The molecule has 0 radical (unpaired) electrons. The van der Waals surface area contributed by atoms with E-state index in [2.05, 4.69) is 5.32 Å². The van der Waals surface area contributed by atoms with Gasteiger partial charge >= 0.3 is 0 Å². The van der Waals surface area contributed by atoms with Crippen molar-refractivity contribution in [3.8, 4) is 0 Å². The molecular formula is C13H16Cl2N2O3S. The molecule has 1 aliphatic carbocycles. The number of carbonyl (C=O) groups is 1. The molecule has 21 heavy (non-hydrogen) atoms. The standard InChI is InChI=1S/C13H16Cl2N2O3S/c1-21(19,20)17(10-3-4-10)7-6-16-13(18)9-2-5-11(14)12(15)8-9/h2,5,8,10H,3-4,6-7H2,1H3,(H,16,18). The van der Waals surface area contributed by atoms with Crippen LogP contribution >= 0.6 is 23.2 Å². The van der Waals surface area contributed by atoms with Crippen molar-refractivity contribution >= 4 is 39.1 Å². The highest BCUT2D eigenvalue weighted by Gasteiger charge is 2.34. The van der Waals surface area contributed by atoms with Crippen LogP contribution in [0, 0.1) is 0 Å². The van der Waals surface area contributed by atoms with Crippen LogP contribution < -0.4 is 5.32 Å². The first-order valence-corrected chi connectivity index (χ1v) is 9.09. The summed E-state index contributed by atoms with van der Waals surface area (Å²) in [6.45, 7) is 0.527. The molecule has 0 atom stereocenters. The highest BCUT2D eigenvalue weighted by atomic mass is 35.5. The lowest BCUT2D eigenvalue weighted by atomic mass is 10.2. The Kier molecular flexibility index (Phi) is 5.14. The van der Waals surface area contributed by atoms with Crippen molar-refractivity contribution in [3.63, 3.8) is 0 Å². The normalized spacial score (nSPS) is 15.2. The zero-order valence-corrected chi connectivity index (χ0v) is 13.8. The molecule has 1 aromatic carbocycles. The summed E-state index contributed by atoms with van der Waals surface area (Å²) in [5.41, 5.74) is 0.390. The molecule has 2 rings (SSSR count). The first-order chi connectivity index (χ1) is 9.79. The summed E-state index contributed by atoms with van der Waals surface area (Å²) in [7, 11) is -3.23. The first kappa shape index (κ1) is 16.5. The third kappa shape index (κ3) is 4.57. The van der Waals surface area contributed by atoms with E-state index >= 15 is 0 Å². The summed E-state index contributed by atoms with van der Waals surface area (Å²) in [5.74, 6) is -0.308. The van der Waals surface area contributed by atoms with Gasteiger partial charge in [-0.15, -0.1) is 0 Å². The van der Waals surface area contributed by atoms with E-state index in [0.717, 1.165) is 12.8 Å². The molecule has 0 aromatic heterocycles. The molecule has 0 aliphatic heterocycles. The minimum atomic E-state index is -3.23. The molecule has 1 N–H and O–H groups in total. The summed E-state index contributed by atoms with van der Waals surface area (Å²) >= 11 is 11.6. The zero-order valence-electron chi connectivity index (χ0n) is 11.5. The van der Waals surface area contributed by atoms with Crippen molar-refractivity contribution in [2.24, 2.45) is 0 Å². The Hall–Kier alpha value is -0.820. The van der Waals surface area contributed by atoms with Gasteiger partial charge in [0.05, 0.1) is 16.3 Å². The summed E-state index contributed by atoms with van der Waals surface area (Å²) in [5, 5.41) is 3.37. The summed E-state index contributed by atoms with van der Waals surface area (Å²) in [4.78, 5) is 11.9. The number of hydrogen-bond donors (Lipinski definition) is 1. The van der Waals surface area contributed by atoms with Gasteiger partial charge in [0.2, 0.25) is 10.0 Å². The lowest BCUT2D eigenvalue weighted by molar-refractivity contribution is 0.0951. The van der Waals surface area contributed by atoms with Crippen molar-refractivity contribution in [2.75, 3.05) is 19.3 Å². The van der Waals surface area contributed by atoms with E-state index in [1.807, 2.05) is 0 Å². The molecule has 0 heterocycles. The predicted molar refractivity (Wildman–Crippen MR) is 83.4 cm³/mol. The van der Waals surface area contributed by atoms with Gasteiger partial charge in [-0.2, -0.15) is 4.31 Å². The molecule has 1 amide bonds. The summed E-state index contributed by atoms with van der Waals surface area (Å²) < 4.78 is 24.7. The number of rotatable bonds is 6. The van der Waals surface area contributed by atoms with E-state index in [4.69, 9.17) is 23.2 Å². The van der Waals surface area contributed by atoms with Crippen molar-refractivity contribution < 1.29 is 13.2 Å². The quantitative estimate of drug-likeness (QED) is 0.854. The molecule has 1 fully saturated rings. The maximum Gasteiger partial charge on any atom is 0.251 e. The van der Waals surface area contributed by atoms with Crippen LogP contribution in [-0.2, 0) is 10.0 Å². The Morgan fingerprint density at radius 3 is 2.52 bits per heavy atom. The second-order valence-corrected chi connectivity index (χ2v) is 7.74. The third-order valence-electron chi connectivity index (χ3n) is 3.18. The second kappa shape index (κ2) is 6.52. The number of carbonyl (C=O) groups excluding carboxylic acids is 1. The minimum absolute atomic E-state index is 0.0851. The molecule has 0 spiro atoms. The average molecular weight is 351 g/mol. The largest absolute Gasteiger partial charge is 0.351 e. The number of sulfonamides is 1. The number of amides is 1. The fraction of sp³-hybridized carbons (Fsp3) is 0.462. The molecule has 5 nitrogen and oxygen atoms in total. The van der Waals surface area contributed by atoms with Gasteiger partial charge < -0.3 is 5.32 Å². The molecule has 0 unspecified atom stereocenters. The Balaban J connectivity index is 1.90. The Labute approximate surface area is 134 Å². The molecular weight excluding hydrogens is 335 g/mol. The molecule has 1 saturated carbocycles. The van der Waals surface area contributed by atoms with Crippen LogP contribution in [0.4, 0.5) is 0 Å². The van der Waals surface area contributed by atoms with Crippen LogP contribution in [0.5, 0.6) is 0 Å². The number of nitrogens with zero attached hydrogens (tertiary/aromatic N) is 1. The topological polar surface area (TPSA) is 66.5 Å². The highest BCUT2D eigenvalue weighted by Crippen LogP contribution is 2.28. The molecule has 116 valence electrons. The Bertz CT molecular complexity index is 645. The number of nitrogens with one attached hydrogen (secondary N) is 1. The van der Waals surface area contributed by atoms with Crippen LogP contribution in [0.15, 0.2) is 18.2 Å². The van der Waals surface area contributed by atoms with E-state index in [9.17, 15) is 13.2 Å². The van der Waals surface area contributed by atoms with Crippen LogP contribution in [-0.4, -0.2) is 44.0 Å². The Morgan fingerprint density at radius 1 is 1.33 bits per heavy atom. The van der Waals surface area contributed by atoms with Gasteiger partial charge in [-0.1, -0.05) is 23.2 Å². The van der Waals surface area contributed by atoms with Gasteiger partial charge in [-0.05, 0) is 31.0 Å². The van der Waals surface area contributed by atoms with E-state index in [-0.39, 0.29) is 25.0 Å². The lowest BCUT2D eigenvalue weighted by Crippen LogP contribution is -2.39. The SMILES string of the molecule is CS(=O)(=O)N(CCNC(=O)c1ccc(Cl)c(Cl)c1)C1CC1. The zero-order chi connectivity index (χ0) is 15.6. The minimum Gasteiger partial charge on any atom is -0.351 e. The fourth-order valence-corrected chi connectivity index (χ4v) is 3.47. The van der Waals surface area contributed by atoms with Gasteiger partial charge in [0, 0.05) is 24.7 Å². The van der Waals surface area contributed by atoms with E-state index in [1.165, 1.54) is 16.6 Å². The van der Waals surface area contributed by atoms with Crippen LogP contribution in [0.3, 0.4) is 0 Å².